The summed E-state index contributed by atoms with van der Waals surface area (Å²) in [6, 6.07) is 8.90. The van der Waals surface area contributed by atoms with E-state index in [9.17, 15) is 18.3 Å². The number of aromatic hydroxyl groups is 1. The molecule has 1 saturated carbocycles. The van der Waals surface area contributed by atoms with Crippen LogP contribution in [0.25, 0.3) is 0 Å². The van der Waals surface area contributed by atoms with Gasteiger partial charge in [0.25, 0.3) is 5.91 Å². The second-order valence-electron chi connectivity index (χ2n) is 13.1. The third-order valence-electron chi connectivity index (χ3n) is 10.3. The summed E-state index contributed by atoms with van der Waals surface area (Å²) in [6.07, 6.45) is 10.9. The summed E-state index contributed by atoms with van der Waals surface area (Å²) in [7, 11) is -4.02. The number of halogens is 1. The normalized spacial score (nSPS) is 30.6. The minimum Gasteiger partial charge on any atom is -0.506 e. The molecule has 2 aromatic rings. The third-order valence-corrected chi connectivity index (χ3v) is 12.5. The number of amides is 1. The summed E-state index contributed by atoms with van der Waals surface area (Å²) in [5.41, 5.74) is 2.89. The van der Waals surface area contributed by atoms with Crippen LogP contribution in [0.3, 0.4) is 0 Å². The van der Waals surface area contributed by atoms with Crippen LogP contribution >= 0.6 is 11.6 Å². The monoisotopic (exact) mass is 642 g/mol. The molecular weight excluding hydrogens is 600 g/mol. The van der Waals surface area contributed by atoms with Crippen LogP contribution in [0, 0.1) is 17.8 Å². The molecule has 0 saturated heterocycles. The van der Waals surface area contributed by atoms with Gasteiger partial charge in [-0.25, -0.2) is 13.1 Å². The number of nitrogens with one attached hydrogen (secondary N) is 1. The van der Waals surface area contributed by atoms with E-state index in [1.807, 2.05) is 26.0 Å². The SMILES string of the molecule is CCOC[C@@H]1[C@@H](C)C/C=C/C[C@H]2CC[C@H]2CN2C[C@@]3(CCCc4cc(Cl)c(O)cc43)COc3ccc(cc32)C(=O)NS1(=O)=O. The van der Waals surface area contributed by atoms with E-state index >= 15 is 0 Å². The van der Waals surface area contributed by atoms with Gasteiger partial charge in [-0.3, -0.25) is 4.79 Å². The summed E-state index contributed by atoms with van der Waals surface area (Å²) in [5, 5.41) is 10.1. The van der Waals surface area contributed by atoms with Crippen molar-refractivity contribution >= 4 is 33.2 Å². The average Bonchev–Trinajstić information content (AvgIpc) is 3.12. The van der Waals surface area contributed by atoms with Crippen molar-refractivity contribution in [3.63, 3.8) is 0 Å². The highest BCUT2D eigenvalue weighted by Crippen LogP contribution is 2.47. The second kappa shape index (κ2) is 12.6. The lowest BCUT2D eigenvalue weighted by Gasteiger charge is -2.44. The molecule has 2 N–H and O–H groups in total. The lowest BCUT2D eigenvalue weighted by atomic mass is 9.69. The Morgan fingerprint density at radius 3 is 2.73 bits per heavy atom. The fraction of sp³-hybridized carbons (Fsp3) is 0.559. The van der Waals surface area contributed by atoms with Crippen molar-refractivity contribution in [3.8, 4) is 11.5 Å². The summed E-state index contributed by atoms with van der Waals surface area (Å²) in [6.45, 7) is 6.04. The molecule has 2 aliphatic heterocycles. The molecule has 5 atom stereocenters. The van der Waals surface area contributed by atoms with Crippen molar-refractivity contribution in [2.24, 2.45) is 17.8 Å². The molecule has 6 rings (SSSR count). The molecule has 0 aromatic heterocycles. The van der Waals surface area contributed by atoms with Gasteiger partial charge in [0, 0.05) is 30.7 Å². The molecule has 2 bridgehead atoms. The number of carbonyl (C=O) groups excluding carboxylic acids is 1. The summed E-state index contributed by atoms with van der Waals surface area (Å²) >= 11 is 6.32. The number of fused-ring (bicyclic) bond motifs is 4. The van der Waals surface area contributed by atoms with Crippen molar-refractivity contribution in [2.75, 3.05) is 37.8 Å². The number of aryl methyl sites for hydroxylation is 1. The molecular formula is C34H43ClN2O6S. The Morgan fingerprint density at radius 2 is 1.95 bits per heavy atom. The Labute approximate surface area is 265 Å². The largest absolute Gasteiger partial charge is 0.506 e. The van der Waals surface area contributed by atoms with Gasteiger partial charge in [-0.1, -0.05) is 30.7 Å². The van der Waals surface area contributed by atoms with E-state index in [0.717, 1.165) is 61.9 Å². The number of hydrogen-bond donors (Lipinski definition) is 2. The number of carbonyl (C=O) groups is 1. The molecule has 1 amide bonds. The van der Waals surface area contributed by atoms with Gasteiger partial charge in [-0.2, -0.15) is 0 Å². The summed E-state index contributed by atoms with van der Waals surface area (Å²) in [4.78, 5) is 15.9. The van der Waals surface area contributed by atoms with Gasteiger partial charge in [0.15, 0.2) is 0 Å². The van der Waals surface area contributed by atoms with Gasteiger partial charge in [0.05, 0.1) is 23.9 Å². The van der Waals surface area contributed by atoms with Gasteiger partial charge in [0.2, 0.25) is 10.0 Å². The molecule has 0 unspecified atom stereocenters. The summed E-state index contributed by atoms with van der Waals surface area (Å²) < 4.78 is 41.5. The zero-order valence-electron chi connectivity index (χ0n) is 25.6. The lowest BCUT2D eigenvalue weighted by Crippen LogP contribution is -2.48. The van der Waals surface area contributed by atoms with Crippen LogP contribution in [0.5, 0.6) is 11.5 Å². The van der Waals surface area contributed by atoms with E-state index in [2.05, 4.69) is 21.8 Å². The topological polar surface area (TPSA) is 105 Å². The van der Waals surface area contributed by atoms with E-state index in [1.165, 1.54) is 0 Å². The number of ether oxygens (including phenoxy) is 2. The standard InChI is InChI=1S/C34H43ClN2O6S/c1-3-42-19-32-22(2)7-4-5-8-23-10-11-26(23)18-37-20-34(14-6-9-24-15-28(35)30(38)17-27(24)34)21-43-31-13-12-25(16-29(31)37)33(39)36-44(32,40)41/h4-5,12-13,15-17,22-23,26,32,38H,3,6-11,14,18-21H2,1-2H3,(H,36,39)/b5-4+/t22-,23-,26-,32+,34-/m0/s1. The number of hydrogen-bond acceptors (Lipinski definition) is 7. The first-order valence-electron chi connectivity index (χ1n) is 15.9. The van der Waals surface area contributed by atoms with Crippen LogP contribution in [-0.2, 0) is 26.6 Å². The lowest BCUT2D eigenvalue weighted by molar-refractivity contribution is 0.0978. The smallest absolute Gasteiger partial charge is 0.264 e. The highest BCUT2D eigenvalue weighted by Gasteiger charge is 2.44. The van der Waals surface area contributed by atoms with Crippen LogP contribution in [0.4, 0.5) is 5.69 Å². The Hall–Kier alpha value is -2.75. The zero-order valence-corrected chi connectivity index (χ0v) is 27.1. The van der Waals surface area contributed by atoms with Crippen molar-refractivity contribution < 1.29 is 27.8 Å². The zero-order chi connectivity index (χ0) is 31.1. The van der Waals surface area contributed by atoms with Crippen LogP contribution in [0.15, 0.2) is 42.5 Å². The first-order chi connectivity index (χ1) is 21.1. The predicted molar refractivity (Wildman–Crippen MR) is 172 cm³/mol. The fourth-order valence-electron chi connectivity index (χ4n) is 7.54. The molecule has 2 aliphatic carbocycles. The average molecular weight is 643 g/mol. The highest BCUT2D eigenvalue weighted by molar-refractivity contribution is 7.90. The van der Waals surface area contributed by atoms with Crippen molar-refractivity contribution in [3.05, 3.63) is 64.2 Å². The third kappa shape index (κ3) is 6.07. The van der Waals surface area contributed by atoms with E-state index in [0.29, 0.717) is 48.8 Å². The van der Waals surface area contributed by atoms with Gasteiger partial charge in [-0.15, -0.1) is 0 Å². The van der Waals surface area contributed by atoms with Gasteiger partial charge in [0.1, 0.15) is 16.7 Å². The maximum Gasteiger partial charge on any atom is 0.264 e. The number of anilines is 1. The first kappa shape index (κ1) is 31.2. The molecule has 0 radical (unpaired) electrons. The number of phenolic OH excluding ortho intramolecular Hbond substituents is 1. The van der Waals surface area contributed by atoms with Crippen molar-refractivity contribution in [1.82, 2.24) is 4.72 Å². The van der Waals surface area contributed by atoms with Gasteiger partial charge >= 0.3 is 0 Å². The number of phenols is 1. The van der Waals surface area contributed by atoms with Crippen LogP contribution in [0.1, 0.15) is 73.9 Å². The Bertz CT molecular complexity index is 1540. The minimum atomic E-state index is -4.02. The molecule has 8 nitrogen and oxygen atoms in total. The number of sulfonamides is 1. The van der Waals surface area contributed by atoms with Crippen molar-refractivity contribution in [2.45, 2.75) is 69.5 Å². The molecule has 238 valence electrons. The van der Waals surface area contributed by atoms with Gasteiger partial charge in [-0.05, 0) is 111 Å². The number of benzene rings is 2. The molecule has 1 spiro atoms. The Balaban J connectivity index is 1.40. The Kier molecular flexibility index (Phi) is 8.92. The van der Waals surface area contributed by atoms with E-state index in [1.54, 1.807) is 18.2 Å². The van der Waals surface area contributed by atoms with E-state index in [4.69, 9.17) is 21.1 Å². The van der Waals surface area contributed by atoms with E-state index < -0.39 is 21.2 Å². The predicted octanol–water partition coefficient (Wildman–Crippen LogP) is 6.00. The Morgan fingerprint density at radius 1 is 1.16 bits per heavy atom. The molecule has 4 aliphatic rings. The van der Waals surface area contributed by atoms with Crippen molar-refractivity contribution in [1.29, 1.82) is 0 Å². The number of rotatable bonds is 3. The maximum absolute atomic E-state index is 13.5. The molecule has 10 heteroatoms. The van der Waals surface area contributed by atoms with Crippen LogP contribution in [-0.4, -0.2) is 57.6 Å². The number of nitrogens with zero attached hydrogens (tertiary/aromatic N) is 1. The second-order valence-corrected chi connectivity index (χ2v) is 15.4. The fourth-order valence-corrected chi connectivity index (χ4v) is 9.25. The minimum absolute atomic E-state index is 0.0228. The molecule has 44 heavy (non-hydrogen) atoms. The van der Waals surface area contributed by atoms with Crippen LogP contribution < -0.4 is 14.4 Å². The maximum atomic E-state index is 13.5. The van der Waals surface area contributed by atoms with Crippen LogP contribution in [0.2, 0.25) is 5.02 Å². The number of allylic oxidation sites excluding steroid dienone is 2. The highest BCUT2D eigenvalue weighted by atomic mass is 35.5. The quantitative estimate of drug-likeness (QED) is 0.396. The molecule has 1 fully saturated rings. The molecule has 2 aromatic carbocycles. The first-order valence-corrected chi connectivity index (χ1v) is 17.8. The van der Waals surface area contributed by atoms with E-state index in [-0.39, 0.29) is 29.3 Å². The van der Waals surface area contributed by atoms with Gasteiger partial charge < -0.3 is 19.5 Å². The molecule has 2 heterocycles. The summed E-state index contributed by atoms with van der Waals surface area (Å²) in [5.74, 6) is 0.878.